The fourth-order valence-electron chi connectivity index (χ4n) is 3.31. The molecule has 3 aromatic rings. The number of carboxylic acids is 1. The van der Waals surface area contributed by atoms with Crippen LogP contribution in [0.3, 0.4) is 0 Å². The summed E-state index contributed by atoms with van der Waals surface area (Å²) in [6.45, 7) is 2.78. The van der Waals surface area contributed by atoms with E-state index in [0.29, 0.717) is 23.7 Å². The van der Waals surface area contributed by atoms with Gasteiger partial charge >= 0.3 is 5.97 Å². The van der Waals surface area contributed by atoms with Crippen molar-refractivity contribution in [2.75, 3.05) is 5.32 Å². The molecular weight excluding hydrogens is 374 g/mol. The number of hydrogen-bond donors (Lipinski definition) is 2. The summed E-state index contributed by atoms with van der Waals surface area (Å²) in [5, 5.41) is 13.0. The van der Waals surface area contributed by atoms with Crippen LogP contribution in [0.1, 0.15) is 29.2 Å². The third-order valence-corrected chi connectivity index (χ3v) is 5.27. The number of nitrogens with one attached hydrogen (secondary N) is 1. The minimum absolute atomic E-state index is 0.104. The van der Waals surface area contributed by atoms with Crippen LogP contribution in [0.2, 0.25) is 5.02 Å². The zero-order valence-corrected chi connectivity index (χ0v) is 16.1. The second-order valence-corrected chi connectivity index (χ2v) is 7.53. The van der Waals surface area contributed by atoms with E-state index < -0.39 is 5.97 Å². The molecule has 1 aromatic carbocycles. The number of carbonyl (C=O) groups is 1. The molecule has 0 bridgehead atoms. The highest BCUT2D eigenvalue weighted by Crippen LogP contribution is 2.49. The molecule has 0 unspecified atom stereocenters. The summed E-state index contributed by atoms with van der Waals surface area (Å²) in [5.74, 6) is -0.494. The summed E-state index contributed by atoms with van der Waals surface area (Å²) in [4.78, 5) is 20.2. The van der Waals surface area contributed by atoms with Crippen LogP contribution in [0.4, 0.5) is 5.82 Å². The zero-order valence-electron chi connectivity index (χ0n) is 15.4. The zero-order chi connectivity index (χ0) is 19.7. The van der Waals surface area contributed by atoms with E-state index in [-0.39, 0.29) is 11.8 Å². The van der Waals surface area contributed by atoms with E-state index in [4.69, 9.17) is 16.7 Å². The summed E-state index contributed by atoms with van der Waals surface area (Å²) in [7, 11) is 0. The molecule has 1 aliphatic carbocycles. The van der Waals surface area contributed by atoms with E-state index >= 15 is 0 Å². The van der Waals surface area contributed by atoms with Gasteiger partial charge in [0.05, 0.1) is 22.3 Å². The summed E-state index contributed by atoms with van der Waals surface area (Å²) in [6.07, 6.45) is 2.35. The van der Waals surface area contributed by atoms with E-state index in [9.17, 15) is 4.79 Å². The Kier molecular flexibility index (Phi) is 5.01. The van der Waals surface area contributed by atoms with E-state index in [0.717, 1.165) is 17.1 Å². The highest BCUT2D eigenvalue weighted by atomic mass is 35.5. The van der Waals surface area contributed by atoms with Gasteiger partial charge in [-0.2, -0.15) is 0 Å². The molecule has 4 rings (SSSR count). The largest absolute Gasteiger partial charge is 0.481 e. The predicted octanol–water partition coefficient (Wildman–Crippen LogP) is 4.91. The average Bonchev–Trinajstić information content (AvgIpc) is 3.48. The molecule has 142 valence electrons. The fraction of sp³-hybridized carbons (Fsp3) is 0.227. The number of rotatable bonds is 6. The molecule has 28 heavy (non-hydrogen) atoms. The van der Waals surface area contributed by atoms with Crippen LogP contribution < -0.4 is 5.32 Å². The number of carboxylic acid groups (broad SMARTS) is 1. The highest BCUT2D eigenvalue weighted by molar-refractivity contribution is 6.31. The molecule has 0 aliphatic heterocycles. The van der Waals surface area contributed by atoms with Crippen LogP contribution >= 0.6 is 11.6 Å². The minimum atomic E-state index is -0.793. The van der Waals surface area contributed by atoms with E-state index in [1.165, 1.54) is 11.1 Å². The maximum atomic E-state index is 11.1. The van der Waals surface area contributed by atoms with Crippen molar-refractivity contribution in [1.82, 2.24) is 9.97 Å². The average molecular weight is 394 g/mol. The van der Waals surface area contributed by atoms with Crippen LogP contribution in [-0.4, -0.2) is 21.0 Å². The molecule has 5 nitrogen and oxygen atoms in total. The molecule has 6 heteroatoms. The summed E-state index contributed by atoms with van der Waals surface area (Å²) < 4.78 is 0. The van der Waals surface area contributed by atoms with Gasteiger partial charge < -0.3 is 10.4 Å². The topological polar surface area (TPSA) is 75.1 Å². The van der Waals surface area contributed by atoms with Gasteiger partial charge in [-0.25, -0.2) is 4.98 Å². The first kappa shape index (κ1) is 18.4. The van der Waals surface area contributed by atoms with Crippen molar-refractivity contribution in [2.24, 2.45) is 5.92 Å². The molecule has 2 N–H and O–H groups in total. The number of aromatic nitrogens is 2. The Morgan fingerprint density at radius 1 is 1.25 bits per heavy atom. The lowest BCUT2D eigenvalue weighted by atomic mass is 10.1. The van der Waals surface area contributed by atoms with Gasteiger partial charge in [0.15, 0.2) is 0 Å². The van der Waals surface area contributed by atoms with Crippen molar-refractivity contribution in [3.63, 3.8) is 0 Å². The van der Waals surface area contributed by atoms with Crippen molar-refractivity contribution in [3.05, 3.63) is 76.6 Å². The SMILES string of the molecule is Cc1cccc(CNc2ccc(-c3ccc(Cl)c([C@H]4C[C@@H]4C(=O)O)n3)cn2)c1. The minimum Gasteiger partial charge on any atom is -0.481 e. The van der Waals surface area contributed by atoms with Crippen molar-refractivity contribution in [2.45, 2.75) is 25.8 Å². The standard InChI is InChI=1S/C22H20ClN3O2/c1-13-3-2-4-14(9-13)11-24-20-8-5-15(12-25-20)19-7-6-18(23)21(26-19)16-10-17(16)22(27)28/h2-9,12,16-17H,10-11H2,1H3,(H,24,25)(H,27,28)/t16-,17-/m0/s1. The Labute approximate surface area is 168 Å². The maximum absolute atomic E-state index is 11.1. The number of benzene rings is 1. The normalized spacial score (nSPS) is 17.9. The number of hydrogen-bond acceptors (Lipinski definition) is 4. The lowest BCUT2D eigenvalue weighted by Crippen LogP contribution is -2.02. The Morgan fingerprint density at radius 3 is 2.79 bits per heavy atom. The molecule has 0 saturated heterocycles. The number of pyridine rings is 2. The van der Waals surface area contributed by atoms with Crippen molar-refractivity contribution in [3.8, 4) is 11.3 Å². The smallest absolute Gasteiger partial charge is 0.307 e. The van der Waals surface area contributed by atoms with Crippen LogP contribution in [0, 0.1) is 12.8 Å². The third kappa shape index (κ3) is 3.99. The highest BCUT2D eigenvalue weighted by Gasteiger charge is 2.46. The molecule has 2 heterocycles. The Balaban J connectivity index is 1.47. The molecule has 0 radical (unpaired) electrons. The molecule has 0 amide bonds. The van der Waals surface area contributed by atoms with Crippen molar-refractivity contribution in [1.29, 1.82) is 0 Å². The number of aliphatic carboxylic acids is 1. The van der Waals surface area contributed by atoms with Gasteiger partial charge in [0.1, 0.15) is 5.82 Å². The van der Waals surface area contributed by atoms with Gasteiger partial charge in [-0.3, -0.25) is 9.78 Å². The summed E-state index contributed by atoms with van der Waals surface area (Å²) in [5.41, 5.74) is 4.70. The number of aryl methyl sites for hydroxylation is 1. The second kappa shape index (κ2) is 7.60. The molecule has 1 saturated carbocycles. The number of halogens is 1. The van der Waals surface area contributed by atoms with Crippen LogP contribution in [0.5, 0.6) is 0 Å². The molecule has 2 aromatic heterocycles. The molecular formula is C22H20ClN3O2. The molecule has 2 atom stereocenters. The van der Waals surface area contributed by atoms with Gasteiger partial charge in [-0.1, -0.05) is 41.4 Å². The number of anilines is 1. The van der Waals surface area contributed by atoms with Crippen molar-refractivity contribution < 1.29 is 9.90 Å². The van der Waals surface area contributed by atoms with Crippen molar-refractivity contribution >= 4 is 23.4 Å². The quantitative estimate of drug-likeness (QED) is 0.622. The first-order valence-corrected chi connectivity index (χ1v) is 9.54. The first-order valence-electron chi connectivity index (χ1n) is 9.16. The van der Waals surface area contributed by atoms with Crippen LogP contribution in [0.15, 0.2) is 54.7 Å². The van der Waals surface area contributed by atoms with Gasteiger partial charge in [-0.15, -0.1) is 0 Å². The third-order valence-electron chi connectivity index (χ3n) is 4.95. The van der Waals surface area contributed by atoms with E-state index in [2.05, 4.69) is 40.4 Å². The predicted molar refractivity (Wildman–Crippen MR) is 109 cm³/mol. The van der Waals surface area contributed by atoms with Gasteiger partial charge in [-0.05, 0) is 43.2 Å². The molecule has 0 spiro atoms. The van der Waals surface area contributed by atoms with Crippen LogP contribution in [-0.2, 0) is 11.3 Å². The van der Waals surface area contributed by atoms with Gasteiger partial charge in [0.25, 0.3) is 0 Å². The summed E-state index contributed by atoms with van der Waals surface area (Å²) in [6, 6.07) is 15.8. The Hall–Kier alpha value is -2.92. The fourth-order valence-corrected chi connectivity index (χ4v) is 3.56. The maximum Gasteiger partial charge on any atom is 0.307 e. The van der Waals surface area contributed by atoms with Crippen LogP contribution in [0.25, 0.3) is 11.3 Å². The van der Waals surface area contributed by atoms with Gasteiger partial charge in [0.2, 0.25) is 0 Å². The van der Waals surface area contributed by atoms with E-state index in [1.54, 1.807) is 12.3 Å². The lowest BCUT2D eigenvalue weighted by molar-refractivity contribution is -0.138. The second-order valence-electron chi connectivity index (χ2n) is 7.13. The van der Waals surface area contributed by atoms with E-state index in [1.807, 2.05) is 24.3 Å². The monoisotopic (exact) mass is 393 g/mol. The lowest BCUT2D eigenvalue weighted by Gasteiger charge is -2.09. The van der Waals surface area contributed by atoms with Gasteiger partial charge in [0, 0.05) is 24.2 Å². The molecule has 1 fully saturated rings. The molecule has 1 aliphatic rings. The Bertz CT molecular complexity index is 1020. The summed E-state index contributed by atoms with van der Waals surface area (Å²) >= 11 is 6.24. The number of nitrogens with zero attached hydrogens (tertiary/aromatic N) is 2. The Morgan fingerprint density at radius 2 is 2.11 bits per heavy atom. The first-order chi connectivity index (χ1) is 13.5.